The highest BCUT2D eigenvalue weighted by atomic mass is 16.5. The number of hydrogen-bond acceptors (Lipinski definition) is 3. The summed E-state index contributed by atoms with van der Waals surface area (Å²) in [7, 11) is 1.39. The first-order valence-electron chi connectivity index (χ1n) is 4.27. The molecule has 0 aromatic heterocycles. The van der Waals surface area contributed by atoms with Crippen molar-refractivity contribution in [1.82, 2.24) is 0 Å². The SMILES string of the molecule is COC(=O)C1(N)CCC(C)(C)C1. The van der Waals surface area contributed by atoms with Crippen molar-refractivity contribution < 1.29 is 9.53 Å². The van der Waals surface area contributed by atoms with Crippen LogP contribution in [0.5, 0.6) is 0 Å². The molecule has 3 heteroatoms. The van der Waals surface area contributed by atoms with Crippen molar-refractivity contribution in [2.75, 3.05) is 7.11 Å². The zero-order valence-electron chi connectivity index (χ0n) is 8.02. The van der Waals surface area contributed by atoms with Gasteiger partial charge in [0.15, 0.2) is 0 Å². The van der Waals surface area contributed by atoms with Gasteiger partial charge in [0, 0.05) is 0 Å². The van der Waals surface area contributed by atoms with Gasteiger partial charge in [0.25, 0.3) is 0 Å². The summed E-state index contributed by atoms with van der Waals surface area (Å²) in [5, 5.41) is 0. The van der Waals surface area contributed by atoms with E-state index >= 15 is 0 Å². The van der Waals surface area contributed by atoms with Crippen LogP contribution in [-0.2, 0) is 9.53 Å². The molecule has 0 aliphatic heterocycles. The van der Waals surface area contributed by atoms with E-state index in [2.05, 4.69) is 18.6 Å². The average molecular weight is 171 g/mol. The Morgan fingerprint density at radius 2 is 2.00 bits per heavy atom. The van der Waals surface area contributed by atoms with Crippen LogP contribution >= 0.6 is 0 Å². The van der Waals surface area contributed by atoms with Gasteiger partial charge in [-0.05, 0) is 24.7 Å². The fourth-order valence-electron chi connectivity index (χ4n) is 1.97. The zero-order valence-corrected chi connectivity index (χ0v) is 8.02. The van der Waals surface area contributed by atoms with Crippen molar-refractivity contribution in [2.24, 2.45) is 11.1 Å². The summed E-state index contributed by atoms with van der Waals surface area (Å²) in [5.41, 5.74) is 5.37. The van der Waals surface area contributed by atoms with Gasteiger partial charge in [0.1, 0.15) is 5.54 Å². The highest BCUT2D eigenvalue weighted by Crippen LogP contribution is 2.42. The third kappa shape index (κ3) is 1.61. The Morgan fingerprint density at radius 1 is 1.42 bits per heavy atom. The largest absolute Gasteiger partial charge is 0.468 e. The van der Waals surface area contributed by atoms with Crippen molar-refractivity contribution in [3.8, 4) is 0 Å². The number of carbonyl (C=O) groups excluding carboxylic acids is 1. The van der Waals surface area contributed by atoms with Gasteiger partial charge < -0.3 is 10.5 Å². The molecule has 0 amide bonds. The second-order valence-corrected chi connectivity index (χ2v) is 4.49. The summed E-state index contributed by atoms with van der Waals surface area (Å²) < 4.78 is 4.67. The molecule has 0 aromatic carbocycles. The maximum atomic E-state index is 11.3. The minimum Gasteiger partial charge on any atom is -0.468 e. The number of carbonyl (C=O) groups is 1. The molecule has 0 radical (unpaired) electrons. The molecule has 1 rings (SSSR count). The highest BCUT2D eigenvalue weighted by molar-refractivity contribution is 5.81. The Labute approximate surface area is 73.3 Å². The van der Waals surface area contributed by atoms with E-state index in [0.29, 0.717) is 0 Å². The highest BCUT2D eigenvalue weighted by Gasteiger charge is 2.46. The smallest absolute Gasteiger partial charge is 0.325 e. The predicted molar refractivity (Wildman–Crippen MR) is 46.6 cm³/mol. The summed E-state index contributed by atoms with van der Waals surface area (Å²) in [5.74, 6) is -0.270. The van der Waals surface area contributed by atoms with Gasteiger partial charge in [0.2, 0.25) is 0 Å². The predicted octanol–water partition coefficient (Wildman–Crippen LogP) is 1.07. The van der Waals surface area contributed by atoms with Gasteiger partial charge in [-0.25, -0.2) is 0 Å². The minimum absolute atomic E-state index is 0.183. The lowest BCUT2D eigenvalue weighted by Crippen LogP contribution is -2.46. The Balaban J connectivity index is 2.71. The molecule has 0 saturated heterocycles. The Kier molecular flexibility index (Phi) is 2.17. The van der Waals surface area contributed by atoms with E-state index in [0.717, 1.165) is 19.3 Å². The second kappa shape index (κ2) is 2.73. The number of esters is 1. The van der Waals surface area contributed by atoms with Gasteiger partial charge in [-0.1, -0.05) is 13.8 Å². The summed E-state index contributed by atoms with van der Waals surface area (Å²) in [6.07, 6.45) is 2.47. The van der Waals surface area contributed by atoms with Crippen molar-refractivity contribution in [2.45, 2.75) is 38.6 Å². The van der Waals surface area contributed by atoms with Crippen LogP contribution in [0.3, 0.4) is 0 Å². The summed E-state index contributed by atoms with van der Waals surface area (Å²) in [6, 6.07) is 0. The monoisotopic (exact) mass is 171 g/mol. The maximum Gasteiger partial charge on any atom is 0.325 e. The molecule has 2 N–H and O–H groups in total. The molecular formula is C9H17NO2. The fourth-order valence-corrected chi connectivity index (χ4v) is 1.97. The van der Waals surface area contributed by atoms with Crippen LogP contribution in [0.25, 0.3) is 0 Å². The van der Waals surface area contributed by atoms with Gasteiger partial charge in [0.05, 0.1) is 7.11 Å². The Hall–Kier alpha value is -0.570. The maximum absolute atomic E-state index is 11.3. The van der Waals surface area contributed by atoms with Crippen molar-refractivity contribution in [3.05, 3.63) is 0 Å². The van der Waals surface area contributed by atoms with Crippen LogP contribution in [0, 0.1) is 5.41 Å². The van der Waals surface area contributed by atoms with E-state index in [-0.39, 0.29) is 11.4 Å². The standard InChI is InChI=1S/C9H17NO2/c1-8(2)4-5-9(10,6-8)7(11)12-3/h4-6,10H2,1-3H3. The van der Waals surface area contributed by atoms with Gasteiger partial charge in [-0.3, -0.25) is 4.79 Å². The van der Waals surface area contributed by atoms with Crippen LogP contribution < -0.4 is 5.73 Å². The van der Waals surface area contributed by atoms with E-state index in [1.165, 1.54) is 7.11 Å². The van der Waals surface area contributed by atoms with Crippen LogP contribution in [0.2, 0.25) is 0 Å². The van der Waals surface area contributed by atoms with E-state index in [1.54, 1.807) is 0 Å². The van der Waals surface area contributed by atoms with Crippen LogP contribution in [-0.4, -0.2) is 18.6 Å². The number of ether oxygens (including phenoxy) is 1. The van der Waals surface area contributed by atoms with Gasteiger partial charge >= 0.3 is 5.97 Å². The third-order valence-corrected chi connectivity index (χ3v) is 2.63. The molecule has 12 heavy (non-hydrogen) atoms. The fraction of sp³-hybridized carbons (Fsp3) is 0.889. The number of rotatable bonds is 1. The summed E-state index contributed by atoms with van der Waals surface area (Å²) in [6.45, 7) is 4.26. The molecule has 1 aliphatic rings. The van der Waals surface area contributed by atoms with Crippen LogP contribution in [0.15, 0.2) is 0 Å². The molecule has 0 spiro atoms. The Morgan fingerprint density at radius 3 is 2.33 bits per heavy atom. The molecule has 1 fully saturated rings. The molecule has 1 aliphatic carbocycles. The zero-order chi connectivity index (χ0) is 9.41. The molecule has 0 heterocycles. The second-order valence-electron chi connectivity index (χ2n) is 4.49. The van der Waals surface area contributed by atoms with E-state index in [9.17, 15) is 4.79 Å². The first-order valence-corrected chi connectivity index (χ1v) is 4.27. The van der Waals surface area contributed by atoms with Crippen LogP contribution in [0.1, 0.15) is 33.1 Å². The van der Waals surface area contributed by atoms with Gasteiger partial charge in [-0.2, -0.15) is 0 Å². The first-order chi connectivity index (χ1) is 5.40. The normalized spacial score (nSPS) is 33.3. The first kappa shape index (κ1) is 9.52. The molecule has 3 nitrogen and oxygen atoms in total. The van der Waals surface area contributed by atoms with E-state index in [4.69, 9.17) is 5.73 Å². The van der Waals surface area contributed by atoms with Gasteiger partial charge in [-0.15, -0.1) is 0 Å². The lowest BCUT2D eigenvalue weighted by Gasteiger charge is -2.23. The number of hydrogen-bond donors (Lipinski definition) is 1. The molecule has 1 atom stereocenters. The number of methoxy groups -OCH3 is 1. The van der Waals surface area contributed by atoms with Crippen molar-refractivity contribution in [3.63, 3.8) is 0 Å². The van der Waals surface area contributed by atoms with E-state index < -0.39 is 5.54 Å². The van der Waals surface area contributed by atoms with Crippen molar-refractivity contribution >= 4 is 5.97 Å². The molecule has 1 unspecified atom stereocenters. The average Bonchev–Trinajstić information content (AvgIpc) is 2.25. The topological polar surface area (TPSA) is 52.3 Å². The molecule has 1 saturated carbocycles. The molecular weight excluding hydrogens is 154 g/mol. The Bertz CT molecular complexity index is 201. The summed E-state index contributed by atoms with van der Waals surface area (Å²) >= 11 is 0. The molecule has 0 aromatic rings. The van der Waals surface area contributed by atoms with Crippen molar-refractivity contribution in [1.29, 1.82) is 0 Å². The lowest BCUT2D eigenvalue weighted by atomic mass is 9.88. The lowest BCUT2D eigenvalue weighted by molar-refractivity contribution is -0.147. The molecule has 70 valence electrons. The van der Waals surface area contributed by atoms with E-state index in [1.807, 2.05) is 0 Å². The molecule has 0 bridgehead atoms. The minimum atomic E-state index is -0.724. The summed E-state index contributed by atoms with van der Waals surface area (Å²) in [4.78, 5) is 11.3. The number of nitrogens with two attached hydrogens (primary N) is 1. The van der Waals surface area contributed by atoms with Crippen LogP contribution in [0.4, 0.5) is 0 Å². The third-order valence-electron chi connectivity index (χ3n) is 2.63. The quantitative estimate of drug-likeness (QED) is 0.600.